The lowest BCUT2D eigenvalue weighted by Crippen LogP contribution is -1.89. The summed E-state index contributed by atoms with van der Waals surface area (Å²) in [6, 6.07) is 18.7. The van der Waals surface area contributed by atoms with Gasteiger partial charge in [0.25, 0.3) is 0 Å². The first-order valence-corrected chi connectivity index (χ1v) is 7.93. The number of para-hydroxylation sites is 1. The zero-order valence-corrected chi connectivity index (χ0v) is 13.2. The third-order valence-electron chi connectivity index (χ3n) is 4.41. The molecule has 3 aromatic carbocycles. The van der Waals surface area contributed by atoms with Gasteiger partial charge in [-0.25, -0.2) is 9.97 Å². The highest BCUT2D eigenvalue weighted by Crippen LogP contribution is 2.37. The number of fused-ring (bicyclic) bond motifs is 5. The van der Waals surface area contributed by atoms with E-state index in [-0.39, 0.29) is 0 Å². The minimum Gasteiger partial charge on any atom is -0.455 e. The van der Waals surface area contributed by atoms with Crippen molar-refractivity contribution in [3.05, 3.63) is 72.6 Å². The summed E-state index contributed by atoms with van der Waals surface area (Å²) in [6.07, 6.45) is 3.67. The molecule has 2 heterocycles. The Morgan fingerprint density at radius 2 is 1.46 bits per heavy atom. The highest BCUT2D eigenvalue weighted by molar-refractivity contribution is 6.16. The third kappa shape index (κ3) is 1.85. The molecule has 3 nitrogen and oxygen atoms in total. The van der Waals surface area contributed by atoms with E-state index in [4.69, 9.17) is 4.42 Å². The quantitative estimate of drug-likeness (QED) is 0.410. The number of furan rings is 1. The molecule has 0 bridgehead atoms. The maximum absolute atomic E-state index is 6.30. The second-order valence-electron chi connectivity index (χ2n) is 6.03. The van der Waals surface area contributed by atoms with E-state index in [2.05, 4.69) is 40.3 Å². The lowest BCUT2D eigenvalue weighted by atomic mass is 10.0. The summed E-state index contributed by atoms with van der Waals surface area (Å²) < 4.78 is 6.30. The fraction of sp³-hybridized carbons (Fsp3) is 0.0476. The van der Waals surface area contributed by atoms with Crippen LogP contribution in [-0.2, 0) is 0 Å². The molecule has 0 unspecified atom stereocenters. The Hall–Kier alpha value is -3.20. The van der Waals surface area contributed by atoms with Crippen molar-refractivity contribution in [2.45, 2.75) is 6.92 Å². The molecule has 5 rings (SSSR count). The largest absolute Gasteiger partial charge is 0.455 e. The summed E-state index contributed by atoms with van der Waals surface area (Å²) in [5, 5.41) is 4.52. The zero-order chi connectivity index (χ0) is 16.1. The molecular formula is C21H14N2O. The molecule has 3 heteroatoms. The average Bonchev–Trinajstić information content (AvgIpc) is 3.02. The fourth-order valence-corrected chi connectivity index (χ4v) is 3.23. The Morgan fingerprint density at radius 1 is 0.708 bits per heavy atom. The first-order valence-electron chi connectivity index (χ1n) is 7.93. The molecule has 0 spiro atoms. The van der Waals surface area contributed by atoms with Crippen molar-refractivity contribution in [3.8, 4) is 11.4 Å². The van der Waals surface area contributed by atoms with Crippen molar-refractivity contribution in [2.24, 2.45) is 0 Å². The Kier molecular flexibility index (Phi) is 2.71. The summed E-state index contributed by atoms with van der Waals surface area (Å²) >= 11 is 0. The minimum absolute atomic E-state index is 0.689. The molecule has 0 radical (unpaired) electrons. The fourth-order valence-electron chi connectivity index (χ4n) is 3.23. The van der Waals surface area contributed by atoms with Crippen LogP contribution >= 0.6 is 0 Å². The van der Waals surface area contributed by atoms with Crippen LogP contribution in [0.2, 0.25) is 0 Å². The van der Waals surface area contributed by atoms with Crippen molar-refractivity contribution in [3.63, 3.8) is 0 Å². The number of aryl methyl sites for hydroxylation is 1. The molecule has 0 saturated heterocycles. The molecule has 0 aliphatic rings. The van der Waals surface area contributed by atoms with Crippen LogP contribution in [0.1, 0.15) is 5.56 Å². The van der Waals surface area contributed by atoms with E-state index >= 15 is 0 Å². The molecule has 0 N–H and O–H groups in total. The molecule has 0 fully saturated rings. The second kappa shape index (κ2) is 4.90. The van der Waals surface area contributed by atoms with Crippen LogP contribution < -0.4 is 0 Å². The monoisotopic (exact) mass is 310 g/mol. The first-order chi connectivity index (χ1) is 11.8. The van der Waals surface area contributed by atoms with Crippen LogP contribution in [0.3, 0.4) is 0 Å². The Balaban J connectivity index is 1.90. The van der Waals surface area contributed by atoms with Crippen molar-refractivity contribution in [1.29, 1.82) is 0 Å². The third-order valence-corrected chi connectivity index (χ3v) is 4.41. The van der Waals surface area contributed by atoms with Crippen LogP contribution in [0.5, 0.6) is 0 Å². The molecular weight excluding hydrogens is 296 g/mol. The van der Waals surface area contributed by atoms with E-state index in [1.54, 1.807) is 0 Å². The average molecular weight is 310 g/mol. The molecule has 2 aromatic heterocycles. The van der Waals surface area contributed by atoms with Crippen molar-refractivity contribution < 1.29 is 4.42 Å². The molecule has 0 amide bonds. The van der Waals surface area contributed by atoms with Crippen LogP contribution in [0.15, 0.2) is 71.4 Å². The smallest absolute Gasteiger partial charge is 0.162 e. The van der Waals surface area contributed by atoms with E-state index in [0.29, 0.717) is 5.82 Å². The van der Waals surface area contributed by atoms with E-state index in [1.807, 2.05) is 43.6 Å². The molecule has 24 heavy (non-hydrogen) atoms. The van der Waals surface area contributed by atoms with Gasteiger partial charge in [-0.1, -0.05) is 42.5 Å². The zero-order valence-electron chi connectivity index (χ0n) is 13.2. The summed E-state index contributed by atoms with van der Waals surface area (Å²) in [7, 11) is 0. The highest BCUT2D eigenvalue weighted by Gasteiger charge is 2.15. The predicted octanol–water partition coefficient (Wildman–Crippen LogP) is 5.50. The van der Waals surface area contributed by atoms with E-state index < -0.39 is 0 Å². The number of hydrogen-bond acceptors (Lipinski definition) is 3. The van der Waals surface area contributed by atoms with Crippen molar-refractivity contribution in [2.75, 3.05) is 0 Å². The van der Waals surface area contributed by atoms with Crippen molar-refractivity contribution in [1.82, 2.24) is 9.97 Å². The van der Waals surface area contributed by atoms with Gasteiger partial charge in [-0.2, -0.15) is 0 Å². The number of benzene rings is 3. The lowest BCUT2D eigenvalue weighted by molar-refractivity contribution is 0.673. The highest BCUT2D eigenvalue weighted by atomic mass is 16.3. The maximum atomic E-state index is 6.30. The van der Waals surface area contributed by atoms with Crippen LogP contribution in [-0.4, -0.2) is 9.97 Å². The van der Waals surface area contributed by atoms with Crippen LogP contribution in [0.25, 0.3) is 44.1 Å². The molecule has 114 valence electrons. The normalized spacial score (nSPS) is 11.5. The standard InChI is InChI=1S/C21H14N2O/c1-13-11-22-21(23-12-13)18-8-4-7-16-17-10-9-14-5-2-3-6-15(14)19(17)24-20(16)18/h2-12H,1H3. The van der Waals surface area contributed by atoms with Gasteiger partial charge in [0, 0.05) is 28.6 Å². The van der Waals surface area contributed by atoms with E-state index in [1.165, 1.54) is 5.39 Å². The molecule has 5 aromatic rings. The van der Waals surface area contributed by atoms with Crippen molar-refractivity contribution >= 4 is 32.7 Å². The van der Waals surface area contributed by atoms with Crippen LogP contribution in [0, 0.1) is 6.92 Å². The minimum atomic E-state index is 0.689. The summed E-state index contributed by atoms with van der Waals surface area (Å²) in [6.45, 7) is 1.98. The summed E-state index contributed by atoms with van der Waals surface area (Å²) in [5.41, 5.74) is 3.73. The Bertz CT molecular complexity index is 1200. The number of hydrogen-bond donors (Lipinski definition) is 0. The maximum Gasteiger partial charge on any atom is 0.162 e. The van der Waals surface area contributed by atoms with Gasteiger partial charge < -0.3 is 4.42 Å². The molecule has 0 aliphatic carbocycles. The van der Waals surface area contributed by atoms with Gasteiger partial charge in [0.15, 0.2) is 5.82 Å². The van der Waals surface area contributed by atoms with E-state index in [0.717, 1.165) is 38.5 Å². The van der Waals surface area contributed by atoms with Gasteiger partial charge in [0.2, 0.25) is 0 Å². The van der Waals surface area contributed by atoms with Gasteiger partial charge in [0.05, 0.1) is 5.56 Å². The first kappa shape index (κ1) is 13.3. The SMILES string of the molecule is Cc1cnc(-c2cccc3c2oc2c4ccccc4ccc32)nc1. The Labute approximate surface area is 138 Å². The van der Waals surface area contributed by atoms with Crippen LogP contribution in [0.4, 0.5) is 0 Å². The number of rotatable bonds is 1. The number of aromatic nitrogens is 2. The summed E-state index contributed by atoms with van der Waals surface area (Å²) in [4.78, 5) is 8.92. The van der Waals surface area contributed by atoms with Gasteiger partial charge >= 0.3 is 0 Å². The van der Waals surface area contributed by atoms with E-state index in [9.17, 15) is 0 Å². The van der Waals surface area contributed by atoms with Gasteiger partial charge in [0.1, 0.15) is 11.2 Å². The predicted molar refractivity (Wildman–Crippen MR) is 97.0 cm³/mol. The molecule has 0 aliphatic heterocycles. The number of nitrogens with zero attached hydrogens (tertiary/aromatic N) is 2. The topological polar surface area (TPSA) is 38.9 Å². The summed E-state index contributed by atoms with van der Waals surface area (Å²) in [5.74, 6) is 0.689. The van der Waals surface area contributed by atoms with Gasteiger partial charge in [-0.05, 0) is 30.0 Å². The Morgan fingerprint density at radius 3 is 2.33 bits per heavy atom. The lowest BCUT2D eigenvalue weighted by Gasteiger charge is -2.01. The second-order valence-corrected chi connectivity index (χ2v) is 6.03. The van der Waals surface area contributed by atoms with Gasteiger partial charge in [-0.15, -0.1) is 0 Å². The van der Waals surface area contributed by atoms with Gasteiger partial charge in [-0.3, -0.25) is 0 Å². The molecule has 0 saturated carbocycles. The molecule has 0 atom stereocenters.